The molecule has 0 amide bonds. The van der Waals surface area contributed by atoms with Gasteiger partial charge in [-0.1, -0.05) is 63.2 Å². The van der Waals surface area contributed by atoms with E-state index < -0.39 is 0 Å². The topological polar surface area (TPSA) is 27.3 Å². The predicted octanol–water partition coefficient (Wildman–Crippen LogP) is 5.24. The number of likely N-dealkylation sites (N-methyl/N-ethyl adjacent to an activating group) is 1. The minimum atomic E-state index is 0.192. The van der Waals surface area contributed by atoms with Crippen molar-refractivity contribution < 1.29 is 0 Å². The van der Waals surface area contributed by atoms with Gasteiger partial charge >= 0.3 is 0 Å². The van der Waals surface area contributed by atoms with E-state index in [-0.39, 0.29) is 5.41 Å². The molecule has 3 nitrogen and oxygen atoms in total. The molecular weight excluding hydrogens is 354 g/mol. The molecule has 158 valence electrons. The molecule has 0 aromatic heterocycles. The van der Waals surface area contributed by atoms with Crippen molar-refractivity contribution in [1.29, 1.82) is 0 Å². The minimum Gasteiger partial charge on any atom is -0.378 e. The molecule has 2 aromatic carbocycles. The highest BCUT2D eigenvalue weighted by molar-refractivity contribution is 5.57. The fourth-order valence-corrected chi connectivity index (χ4v) is 4.26. The van der Waals surface area contributed by atoms with Gasteiger partial charge in [0.05, 0.1) is 6.04 Å². The Hall–Kier alpha value is -1.84. The first-order chi connectivity index (χ1) is 13.8. The zero-order valence-electron chi connectivity index (χ0n) is 19.0. The highest BCUT2D eigenvalue weighted by atomic mass is 15.1. The van der Waals surface area contributed by atoms with E-state index in [9.17, 15) is 0 Å². The van der Waals surface area contributed by atoms with Crippen LogP contribution in [0.1, 0.15) is 56.3 Å². The Morgan fingerprint density at radius 1 is 1.03 bits per heavy atom. The summed E-state index contributed by atoms with van der Waals surface area (Å²) < 4.78 is 0. The molecule has 0 aliphatic carbocycles. The summed E-state index contributed by atoms with van der Waals surface area (Å²) in [6, 6.07) is 18.4. The van der Waals surface area contributed by atoms with Gasteiger partial charge in [0.15, 0.2) is 0 Å². The number of nitrogens with one attached hydrogen (secondary N) is 2. The van der Waals surface area contributed by atoms with Crippen molar-refractivity contribution in [1.82, 2.24) is 10.2 Å². The lowest BCUT2D eigenvalue weighted by atomic mass is 9.78. The lowest BCUT2D eigenvalue weighted by Gasteiger charge is -2.36. The second-order valence-corrected chi connectivity index (χ2v) is 9.81. The van der Waals surface area contributed by atoms with E-state index in [1.54, 1.807) is 0 Å². The van der Waals surface area contributed by atoms with Crippen LogP contribution in [0.3, 0.4) is 0 Å². The zero-order chi connectivity index (χ0) is 20.9. The van der Waals surface area contributed by atoms with Gasteiger partial charge in [-0.15, -0.1) is 0 Å². The fraction of sp³-hybridized carbons (Fsp3) is 0.538. The summed E-state index contributed by atoms with van der Waals surface area (Å²) in [5, 5.41) is 7.48. The van der Waals surface area contributed by atoms with E-state index in [2.05, 4.69) is 98.9 Å². The number of nitrogens with zero attached hydrogens (tertiary/aromatic N) is 1. The molecule has 3 rings (SSSR count). The Morgan fingerprint density at radius 3 is 2.48 bits per heavy atom. The van der Waals surface area contributed by atoms with Gasteiger partial charge < -0.3 is 15.5 Å². The Morgan fingerprint density at radius 2 is 1.79 bits per heavy atom. The second-order valence-electron chi connectivity index (χ2n) is 9.81. The van der Waals surface area contributed by atoms with Crippen molar-refractivity contribution in [2.75, 3.05) is 39.0 Å². The molecule has 0 saturated carbocycles. The van der Waals surface area contributed by atoms with E-state index in [1.807, 2.05) is 0 Å². The van der Waals surface area contributed by atoms with Crippen molar-refractivity contribution in [2.45, 2.75) is 51.5 Å². The molecule has 0 bridgehead atoms. The molecule has 1 heterocycles. The third kappa shape index (κ3) is 6.07. The normalized spacial score (nSPS) is 19.1. The largest absolute Gasteiger partial charge is 0.378 e. The summed E-state index contributed by atoms with van der Waals surface area (Å²) in [5.74, 6) is 0.621. The lowest BCUT2D eigenvalue weighted by Crippen LogP contribution is -2.30. The molecule has 3 heteroatoms. The summed E-state index contributed by atoms with van der Waals surface area (Å²) in [7, 11) is 4.26. The molecule has 0 fully saturated rings. The summed E-state index contributed by atoms with van der Waals surface area (Å²) in [4.78, 5) is 2.23. The summed E-state index contributed by atoms with van der Waals surface area (Å²) in [5.41, 5.74) is 5.82. The molecule has 29 heavy (non-hydrogen) atoms. The van der Waals surface area contributed by atoms with Crippen molar-refractivity contribution in [3.63, 3.8) is 0 Å². The maximum absolute atomic E-state index is 3.88. The van der Waals surface area contributed by atoms with Crippen LogP contribution in [-0.2, 0) is 11.8 Å². The quantitative estimate of drug-likeness (QED) is 0.601. The van der Waals surface area contributed by atoms with E-state index >= 15 is 0 Å². The predicted molar refractivity (Wildman–Crippen MR) is 126 cm³/mol. The van der Waals surface area contributed by atoms with Crippen LogP contribution in [0.15, 0.2) is 48.5 Å². The van der Waals surface area contributed by atoms with Crippen LogP contribution in [0.25, 0.3) is 0 Å². The van der Waals surface area contributed by atoms with Crippen LogP contribution in [0.4, 0.5) is 5.69 Å². The van der Waals surface area contributed by atoms with Crippen LogP contribution in [0.5, 0.6) is 0 Å². The molecule has 2 N–H and O–H groups in total. The minimum absolute atomic E-state index is 0.192. The highest BCUT2D eigenvalue weighted by Gasteiger charge is 2.29. The highest BCUT2D eigenvalue weighted by Crippen LogP contribution is 2.40. The van der Waals surface area contributed by atoms with Crippen molar-refractivity contribution in [3.05, 3.63) is 65.2 Å². The summed E-state index contributed by atoms with van der Waals surface area (Å²) >= 11 is 0. The molecule has 1 aliphatic rings. The first-order valence-corrected chi connectivity index (χ1v) is 11.1. The molecule has 0 unspecified atom stereocenters. The van der Waals surface area contributed by atoms with E-state index in [4.69, 9.17) is 0 Å². The SMILES string of the molecule is CN(C)CCNCCC[C@@H]1Cc2cc(C(C)(C)C)ccc2N[C@H]1c1ccccc1. The van der Waals surface area contributed by atoms with Crippen molar-refractivity contribution >= 4 is 5.69 Å². The second kappa shape index (κ2) is 9.77. The van der Waals surface area contributed by atoms with E-state index in [1.165, 1.54) is 35.2 Å². The fourth-order valence-electron chi connectivity index (χ4n) is 4.26. The lowest BCUT2D eigenvalue weighted by molar-refractivity contribution is 0.377. The molecule has 1 aliphatic heterocycles. The number of rotatable bonds is 8. The maximum atomic E-state index is 3.88. The Balaban J connectivity index is 1.71. The van der Waals surface area contributed by atoms with Crippen LogP contribution in [0, 0.1) is 5.92 Å². The van der Waals surface area contributed by atoms with Crippen LogP contribution >= 0.6 is 0 Å². The van der Waals surface area contributed by atoms with Crippen molar-refractivity contribution in [2.24, 2.45) is 5.92 Å². The van der Waals surface area contributed by atoms with E-state index in [0.717, 1.165) is 26.1 Å². The van der Waals surface area contributed by atoms with Crippen LogP contribution in [-0.4, -0.2) is 38.6 Å². The van der Waals surface area contributed by atoms with Crippen molar-refractivity contribution in [3.8, 4) is 0 Å². The van der Waals surface area contributed by atoms with Gasteiger partial charge in [0.1, 0.15) is 0 Å². The number of anilines is 1. The number of benzene rings is 2. The molecule has 2 aromatic rings. The first-order valence-electron chi connectivity index (χ1n) is 11.1. The number of fused-ring (bicyclic) bond motifs is 1. The number of hydrogen-bond acceptors (Lipinski definition) is 3. The monoisotopic (exact) mass is 393 g/mol. The average Bonchev–Trinajstić information content (AvgIpc) is 2.69. The Bertz CT molecular complexity index is 761. The van der Waals surface area contributed by atoms with Gasteiger partial charge in [0.2, 0.25) is 0 Å². The average molecular weight is 394 g/mol. The maximum Gasteiger partial charge on any atom is 0.0545 e. The third-order valence-electron chi connectivity index (χ3n) is 6.06. The van der Waals surface area contributed by atoms with Gasteiger partial charge in [-0.05, 0) is 74.0 Å². The van der Waals surface area contributed by atoms with Gasteiger partial charge in [-0.3, -0.25) is 0 Å². The van der Waals surface area contributed by atoms with Crippen LogP contribution < -0.4 is 10.6 Å². The summed E-state index contributed by atoms with van der Waals surface area (Å²) in [6.07, 6.45) is 3.61. The van der Waals surface area contributed by atoms with Gasteiger partial charge in [-0.25, -0.2) is 0 Å². The Kier molecular flexibility index (Phi) is 7.37. The molecule has 0 spiro atoms. The standard InChI is InChI=1S/C26H39N3/c1-26(2,3)23-13-14-24-22(19-23)18-21(12-9-15-27-16-17-29(4)5)25(28-24)20-10-7-6-8-11-20/h6-8,10-11,13-14,19,21,25,27-28H,9,12,15-18H2,1-5H3/t21-,25+/m1/s1. The van der Waals surface area contributed by atoms with Crippen LogP contribution in [0.2, 0.25) is 0 Å². The molecule has 2 atom stereocenters. The third-order valence-corrected chi connectivity index (χ3v) is 6.06. The Labute approximate surface area is 177 Å². The molecular formula is C26H39N3. The van der Waals surface area contributed by atoms with E-state index in [0.29, 0.717) is 12.0 Å². The molecule has 0 saturated heterocycles. The number of hydrogen-bond donors (Lipinski definition) is 2. The first kappa shape index (κ1) is 21.9. The van der Waals surface area contributed by atoms with Gasteiger partial charge in [0.25, 0.3) is 0 Å². The smallest absolute Gasteiger partial charge is 0.0545 e. The summed E-state index contributed by atoms with van der Waals surface area (Å²) in [6.45, 7) is 10.2. The van der Waals surface area contributed by atoms with Gasteiger partial charge in [0, 0.05) is 18.8 Å². The van der Waals surface area contributed by atoms with Gasteiger partial charge in [-0.2, -0.15) is 0 Å². The molecule has 0 radical (unpaired) electrons. The zero-order valence-corrected chi connectivity index (χ0v) is 19.0.